The number of hydrogen-bond acceptors (Lipinski definition) is 4. The summed E-state index contributed by atoms with van der Waals surface area (Å²) in [5.74, 6) is 1.38. The van der Waals surface area contributed by atoms with Gasteiger partial charge in [-0.2, -0.15) is 0 Å². The summed E-state index contributed by atoms with van der Waals surface area (Å²) in [5.41, 5.74) is 1.52. The van der Waals surface area contributed by atoms with Crippen LogP contribution in [0.15, 0.2) is 53.4 Å². The molecule has 0 radical (unpaired) electrons. The van der Waals surface area contributed by atoms with Crippen LogP contribution in [0.3, 0.4) is 0 Å². The van der Waals surface area contributed by atoms with Crippen LogP contribution in [0, 0.1) is 0 Å². The van der Waals surface area contributed by atoms with Crippen LogP contribution >= 0.6 is 11.8 Å². The van der Waals surface area contributed by atoms with Crippen molar-refractivity contribution < 1.29 is 14.3 Å². The lowest BCUT2D eigenvalue weighted by molar-refractivity contribution is 0.104. The number of allylic oxidation sites excluding steroid dienone is 1. The maximum absolute atomic E-state index is 12.2. The number of ketones is 1. The second-order valence-corrected chi connectivity index (χ2v) is 5.39. The van der Waals surface area contributed by atoms with Crippen molar-refractivity contribution in [2.24, 2.45) is 0 Å². The summed E-state index contributed by atoms with van der Waals surface area (Å²) in [5, 5.41) is 0. The number of rotatable bonds is 4. The van der Waals surface area contributed by atoms with Crippen LogP contribution in [0.4, 0.5) is 0 Å². The van der Waals surface area contributed by atoms with E-state index < -0.39 is 0 Å². The standard InChI is InChI=1S/C17H14O3S/c1-21-14-8-5-12(6-9-14)15(18)10-7-13-3-2-4-16-17(13)20-11-19-16/h2-10H,11H2,1H3. The minimum absolute atomic E-state index is 0.0285. The molecule has 0 saturated carbocycles. The highest BCUT2D eigenvalue weighted by Gasteiger charge is 2.15. The van der Waals surface area contributed by atoms with Gasteiger partial charge >= 0.3 is 0 Å². The normalized spacial score (nSPS) is 12.8. The molecule has 0 amide bonds. The van der Waals surface area contributed by atoms with Gasteiger partial charge in [-0.1, -0.05) is 12.1 Å². The summed E-state index contributed by atoms with van der Waals surface area (Å²) < 4.78 is 10.7. The van der Waals surface area contributed by atoms with Crippen molar-refractivity contribution in [1.29, 1.82) is 0 Å². The van der Waals surface area contributed by atoms with Crippen LogP contribution in [-0.4, -0.2) is 18.8 Å². The average molecular weight is 298 g/mol. The third-order valence-corrected chi connectivity index (χ3v) is 3.96. The molecule has 2 aromatic carbocycles. The molecule has 4 heteroatoms. The Morgan fingerprint density at radius 2 is 1.95 bits per heavy atom. The molecule has 106 valence electrons. The summed E-state index contributed by atoms with van der Waals surface area (Å²) in [4.78, 5) is 13.3. The number of hydrogen-bond donors (Lipinski definition) is 0. The van der Waals surface area contributed by atoms with Crippen LogP contribution in [0.2, 0.25) is 0 Å². The lowest BCUT2D eigenvalue weighted by Gasteiger charge is -2.01. The highest BCUT2D eigenvalue weighted by Crippen LogP contribution is 2.35. The third kappa shape index (κ3) is 2.95. The molecule has 0 aliphatic carbocycles. The quantitative estimate of drug-likeness (QED) is 0.485. The molecule has 0 fully saturated rings. The summed E-state index contributed by atoms with van der Waals surface area (Å²) in [7, 11) is 0. The molecule has 1 aliphatic rings. The first kappa shape index (κ1) is 13.8. The molecule has 0 bridgehead atoms. The predicted octanol–water partition coefficient (Wildman–Crippen LogP) is 4.03. The summed E-state index contributed by atoms with van der Waals surface area (Å²) in [6, 6.07) is 13.2. The van der Waals surface area contributed by atoms with E-state index in [1.807, 2.05) is 48.7 Å². The smallest absolute Gasteiger partial charge is 0.231 e. The lowest BCUT2D eigenvalue weighted by Crippen LogP contribution is -1.94. The van der Waals surface area contributed by atoms with Gasteiger partial charge in [-0.05, 0) is 48.7 Å². The first-order valence-electron chi connectivity index (χ1n) is 6.53. The second-order valence-electron chi connectivity index (χ2n) is 4.51. The molecular formula is C17H14O3S. The number of carbonyl (C=O) groups is 1. The summed E-state index contributed by atoms with van der Waals surface area (Å²) in [6.07, 6.45) is 5.33. The van der Waals surface area contributed by atoms with Crippen molar-refractivity contribution in [2.45, 2.75) is 4.90 Å². The molecule has 0 unspecified atom stereocenters. The Kier molecular flexibility index (Phi) is 3.97. The Labute approximate surface area is 127 Å². The van der Waals surface area contributed by atoms with Crippen LogP contribution in [-0.2, 0) is 0 Å². The Morgan fingerprint density at radius 1 is 1.14 bits per heavy atom. The monoisotopic (exact) mass is 298 g/mol. The Hall–Kier alpha value is -2.20. The fraction of sp³-hybridized carbons (Fsp3) is 0.118. The molecule has 21 heavy (non-hydrogen) atoms. The highest BCUT2D eigenvalue weighted by atomic mass is 32.2. The Bertz CT molecular complexity index is 690. The maximum Gasteiger partial charge on any atom is 0.231 e. The number of para-hydroxylation sites is 1. The number of benzene rings is 2. The molecule has 1 heterocycles. The first-order valence-corrected chi connectivity index (χ1v) is 7.75. The average Bonchev–Trinajstić information content (AvgIpc) is 3.02. The van der Waals surface area contributed by atoms with Gasteiger partial charge in [0.15, 0.2) is 17.3 Å². The molecule has 0 spiro atoms. The topological polar surface area (TPSA) is 35.5 Å². The van der Waals surface area contributed by atoms with E-state index in [2.05, 4.69) is 0 Å². The van der Waals surface area contributed by atoms with Crippen LogP contribution in [0.25, 0.3) is 6.08 Å². The van der Waals surface area contributed by atoms with Crippen LogP contribution in [0.1, 0.15) is 15.9 Å². The Morgan fingerprint density at radius 3 is 2.71 bits per heavy atom. The zero-order chi connectivity index (χ0) is 14.7. The van der Waals surface area contributed by atoms with E-state index in [0.29, 0.717) is 17.1 Å². The molecular weight excluding hydrogens is 284 g/mol. The van der Waals surface area contributed by atoms with Crippen LogP contribution < -0.4 is 9.47 Å². The maximum atomic E-state index is 12.2. The first-order chi connectivity index (χ1) is 10.3. The molecule has 1 aliphatic heterocycles. The fourth-order valence-corrected chi connectivity index (χ4v) is 2.51. The highest BCUT2D eigenvalue weighted by molar-refractivity contribution is 7.98. The van der Waals surface area contributed by atoms with E-state index in [1.165, 1.54) is 0 Å². The number of carbonyl (C=O) groups excluding carboxylic acids is 1. The zero-order valence-corrected chi connectivity index (χ0v) is 12.4. The minimum atomic E-state index is -0.0285. The van der Waals surface area contributed by atoms with Crippen molar-refractivity contribution >= 4 is 23.6 Å². The predicted molar refractivity (Wildman–Crippen MR) is 84.2 cm³/mol. The van der Waals surface area contributed by atoms with Gasteiger partial charge in [0.2, 0.25) is 6.79 Å². The molecule has 2 aromatic rings. The summed E-state index contributed by atoms with van der Waals surface area (Å²) >= 11 is 1.65. The largest absolute Gasteiger partial charge is 0.454 e. The van der Waals surface area contributed by atoms with Crippen molar-refractivity contribution in [3.63, 3.8) is 0 Å². The minimum Gasteiger partial charge on any atom is -0.454 e. The molecule has 3 rings (SSSR count). The van der Waals surface area contributed by atoms with E-state index in [4.69, 9.17) is 9.47 Å². The van der Waals surface area contributed by atoms with Crippen molar-refractivity contribution in [3.05, 3.63) is 59.7 Å². The lowest BCUT2D eigenvalue weighted by atomic mass is 10.1. The Balaban J connectivity index is 1.79. The van der Waals surface area contributed by atoms with Gasteiger partial charge < -0.3 is 9.47 Å². The summed E-state index contributed by atoms with van der Waals surface area (Å²) in [6.45, 7) is 0.226. The van der Waals surface area contributed by atoms with E-state index in [0.717, 1.165) is 10.5 Å². The van der Waals surface area contributed by atoms with E-state index in [9.17, 15) is 4.79 Å². The van der Waals surface area contributed by atoms with Gasteiger partial charge in [0.25, 0.3) is 0 Å². The second kappa shape index (κ2) is 6.06. The van der Waals surface area contributed by atoms with E-state index >= 15 is 0 Å². The van der Waals surface area contributed by atoms with Crippen molar-refractivity contribution in [1.82, 2.24) is 0 Å². The zero-order valence-electron chi connectivity index (χ0n) is 11.5. The van der Waals surface area contributed by atoms with Crippen molar-refractivity contribution in [3.8, 4) is 11.5 Å². The van der Waals surface area contributed by atoms with Gasteiger partial charge in [0.05, 0.1) is 0 Å². The van der Waals surface area contributed by atoms with Gasteiger partial charge in [-0.3, -0.25) is 4.79 Å². The molecule has 0 atom stereocenters. The van der Waals surface area contributed by atoms with Gasteiger partial charge in [-0.25, -0.2) is 0 Å². The van der Waals surface area contributed by atoms with E-state index in [-0.39, 0.29) is 12.6 Å². The van der Waals surface area contributed by atoms with Gasteiger partial charge in [-0.15, -0.1) is 11.8 Å². The van der Waals surface area contributed by atoms with Gasteiger partial charge in [0, 0.05) is 16.0 Å². The molecule has 0 saturated heterocycles. The van der Waals surface area contributed by atoms with E-state index in [1.54, 1.807) is 23.9 Å². The number of ether oxygens (including phenoxy) is 2. The fourth-order valence-electron chi connectivity index (χ4n) is 2.10. The molecule has 3 nitrogen and oxygen atoms in total. The molecule has 0 aromatic heterocycles. The van der Waals surface area contributed by atoms with Crippen molar-refractivity contribution in [2.75, 3.05) is 13.0 Å². The van der Waals surface area contributed by atoms with Crippen LogP contribution in [0.5, 0.6) is 11.5 Å². The molecule has 0 N–H and O–H groups in total. The number of fused-ring (bicyclic) bond motifs is 1. The number of thioether (sulfide) groups is 1. The van der Waals surface area contributed by atoms with Gasteiger partial charge in [0.1, 0.15) is 0 Å². The third-order valence-electron chi connectivity index (χ3n) is 3.22. The SMILES string of the molecule is CSc1ccc(C(=O)C=Cc2cccc3c2OCO3)cc1.